The second-order valence-corrected chi connectivity index (χ2v) is 24.4. The lowest BCUT2D eigenvalue weighted by Crippen LogP contribution is -2.52. The molecule has 456 valence electrons. The molecular weight excluding hydrogens is 1250 g/mol. The summed E-state index contributed by atoms with van der Waals surface area (Å²) in [6, 6.07) is 36.0. The lowest BCUT2D eigenvalue weighted by molar-refractivity contribution is -0.147. The Morgan fingerprint density at radius 1 is 0.477 bits per heavy atom. The predicted octanol–water partition coefficient (Wildman–Crippen LogP) is 9.96. The lowest BCUT2D eigenvalue weighted by atomic mass is 9.83. The number of amides is 4. The fraction of sp³-hybridized carbons (Fsp3) is 0.241. The molecule has 5 N–H and O–H groups in total. The highest BCUT2D eigenvalue weighted by atomic mass is 35.5. The van der Waals surface area contributed by atoms with Crippen molar-refractivity contribution in [3.63, 3.8) is 0 Å². The van der Waals surface area contributed by atoms with E-state index in [4.69, 9.17) is 60.6 Å². The highest BCUT2D eigenvalue weighted by Crippen LogP contribution is 2.44. The molecule has 0 aliphatic carbocycles. The zero-order chi connectivity index (χ0) is 63.6. The molecule has 4 atom stereocenters. The Morgan fingerprint density at radius 2 is 0.826 bits per heavy atom. The van der Waals surface area contributed by atoms with Crippen LogP contribution in [-0.4, -0.2) is 115 Å². The molecule has 6 aromatic rings. The largest absolute Gasteiger partial charge is 0.480 e. The summed E-state index contributed by atoms with van der Waals surface area (Å²) in [7, 11) is -8.28. The van der Waals surface area contributed by atoms with E-state index in [0.717, 1.165) is 49.5 Å². The number of carbonyl (C=O) groups excluding carboxylic acids is 5. The number of nitrogens with one attached hydrogen (secondary N) is 2. The van der Waals surface area contributed by atoms with Crippen LogP contribution in [0.3, 0.4) is 0 Å². The first-order chi connectivity index (χ1) is 40.6. The third-order valence-corrected chi connectivity index (χ3v) is 17.7. The summed E-state index contributed by atoms with van der Waals surface area (Å²) in [5.74, 6) is -12.8. The number of carbonyl (C=O) groups is 8. The van der Waals surface area contributed by atoms with E-state index in [-0.39, 0.29) is 40.8 Å². The number of halogens is 4. The summed E-state index contributed by atoms with van der Waals surface area (Å²) < 4.78 is 69.9. The SMILES string of the molecule is CC(C)C[C@H](NC(=O)OCc1ccccc1)C(=O)N[C@@H](Cc1ccccc1)C(=O)O.CN(C(=O)OCc1ccccc1)S(=O)(=O)c1ccc(Cl)c(C(C(=O)O)C(=O)C(C(=O)O)c2c(Cl)ccc(S(=O)(=O)N(C)C(=O)OCc3ccccc3)c2Cl)c1Cl. The molecule has 4 amide bonds. The van der Waals surface area contributed by atoms with Gasteiger partial charge in [-0.2, -0.15) is 0 Å². The third kappa shape index (κ3) is 18.1. The minimum absolute atomic E-state index is 0.0778. The predicted molar refractivity (Wildman–Crippen MR) is 315 cm³/mol. The van der Waals surface area contributed by atoms with Gasteiger partial charge in [-0.25, -0.2) is 44.6 Å². The topological polar surface area (TPSA) is 324 Å². The standard InChI is InChI=1S/C35H28Cl4N2O13S2.C23H28N2O5/c1-40(34(47)53-17-19-9-5-3-6-10-19)55(49,50)23-15-13-21(36)25(29(23)38)27(32(43)44)31(42)28(33(45)46)26-22(37)14-16-24(30(26)39)56(51,52)41(2)35(48)54-18-20-11-7-4-8-12-20;1-16(2)13-19(25-23(29)30-15-18-11-7-4-8-12-18)21(26)24-20(22(27)28)14-17-9-5-3-6-10-17/h3-16,27-28H,17-18H2,1-2H3,(H,43,44)(H,45,46);3-12,16,19-20H,13-15H2,1-2H3,(H,24,26)(H,25,29)(H,27,28)/t;19-,20-/m.0/s1. The van der Waals surface area contributed by atoms with E-state index in [1.807, 2.05) is 62.4 Å². The van der Waals surface area contributed by atoms with Gasteiger partial charge in [-0.1, -0.05) is 182 Å². The van der Waals surface area contributed by atoms with Crippen LogP contribution in [-0.2, 0) is 84.5 Å². The van der Waals surface area contributed by atoms with Crippen molar-refractivity contribution in [1.82, 2.24) is 19.2 Å². The first-order valence-electron chi connectivity index (χ1n) is 25.5. The third-order valence-electron chi connectivity index (χ3n) is 12.4. The van der Waals surface area contributed by atoms with E-state index in [1.165, 1.54) is 0 Å². The van der Waals surface area contributed by atoms with Crippen molar-refractivity contribution in [3.8, 4) is 0 Å². The van der Waals surface area contributed by atoms with E-state index >= 15 is 0 Å². The van der Waals surface area contributed by atoms with Crippen molar-refractivity contribution in [2.24, 2.45) is 5.92 Å². The molecule has 0 aromatic heterocycles. The Labute approximate surface area is 514 Å². The van der Waals surface area contributed by atoms with Gasteiger partial charge in [-0.05, 0) is 58.9 Å². The number of carboxylic acid groups (broad SMARTS) is 3. The first-order valence-corrected chi connectivity index (χ1v) is 29.9. The minimum atomic E-state index is -4.96. The second kappa shape index (κ2) is 31.2. The van der Waals surface area contributed by atoms with Gasteiger partial charge in [0.1, 0.15) is 53.5 Å². The molecule has 0 bridgehead atoms. The van der Waals surface area contributed by atoms with Gasteiger partial charge >= 0.3 is 36.2 Å². The lowest BCUT2D eigenvalue weighted by Gasteiger charge is -2.24. The van der Waals surface area contributed by atoms with Crippen molar-refractivity contribution in [2.75, 3.05) is 14.1 Å². The summed E-state index contributed by atoms with van der Waals surface area (Å²) >= 11 is 25.4. The molecule has 0 saturated carbocycles. The molecule has 0 radical (unpaired) electrons. The molecule has 86 heavy (non-hydrogen) atoms. The number of hydrogen-bond donors (Lipinski definition) is 5. The molecule has 0 saturated heterocycles. The number of Topliss-reactive ketones (excluding diaryl/α,β-unsaturated/α-hetero) is 1. The quantitative estimate of drug-likeness (QED) is 0.0278. The van der Waals surface area contributed by atoms with Gasteiger partial charge in [0, 0.05) is 41.7 Å². The number of alkyl carbamates (subject to hydrolysis) is 1. The second-order valence-electron chi connectivity index (χ2n) is 19.0. The highest BCUT2D eigenvalue weighted by Gasteiger charge is 2.45. The molecule has 22 nitrogen and oxygen atoms in total. The van der Waals surface area contributed by atoms with Crippen molar-refractivity contribution in [3.05, 3.63) is 199 Å². The molecule has 2 unspecified atom stereocenters. The van der Waals surface area contributed by atoms with E-state index in [9.17, 15) is 70.5 Å². The average molecular weight is 1300 g/mol. The number of carboxylic acids is 3. The van der Waals surface area contributed by atoms with Gasteiger partial charge in [0.15, 0.2) is 5.78 Å². The zero-order valence-electron chi connectivity index (χ0n) is 46.0. The number of rotatable bonds is 24. The van der Waals surface area contributed by atoms with Gasteiger partial charge in [-0.15, -0.1) is 0 Å². The van der Waals surface area contributed by atoms with Crippen LogP contribution in [0, 0.1) is 5.92 Å². The molecule has 0 aliphatic rings. The van der Waals surface area contributed by atoms with Gasteiger partial charge in [0.05, 0.1) is 10.0 Å². The van der Waals surface area contributed by atoms with Gasteiger partial charge in [0.25, 0.3) is 20.0 Å². The molecule has 6 rings (SSSR count). The number of benzene rings is 6. The zero-order valence-corrected chi connectivity index (χ0v) is 50.6. The van der Waals surface area contributed by atoms with E-state index in [2.05, 4.69) is 10.6 Å². The maximum Gasteiger partial charge on any atom is 0.423 e. The summed E-state index contributed by atoms with van der Waals surface area (Å²) in [6.07, 6.45) is -2.96. The van der Waals surface area contributed by atoms with Gasteiger partial charge in [0.2, 0.25) is 5.91 Å². The summed E-state index contributed by atoms with van der Waals surface area (Å²) in [6.45, 7) is 3.25. The molecule has 28 heteroatoms. The van der Waals surface area contributed by atoms with Crippen molar-refractivity contribution in [2.45, 2.75) is 80.2 Å². The Balaban J connectivity index is 0.000000378. The maximum absolute atomic E-state index is 14.1. The minimum Gasteiger partial charge on any atom is -0.480 e. The summed E-state index contributed by atoms with van der Waals surface area (Å²) in [5.41, 5.74) is 0.853. The summed E-state index contributed by atoms with van der Waals surface area (Å²) in [4.78, 5) is 99.9. The fourth-order valence-corrected chi connectivity index (χ4v) is 12.0. The Kier molecular flexibility index (Phi) is 24.9. The normalized spacial score (nSPS) is 12.6. The van der Waals surface area contributed by atoms with Crippen LogP contribution in [0.1, 0.15) is 65.5 Å². The van der Waals surface area contributed by atoms with Crippen LogP contribution >= 0.6 is 46.4 Å². The average Bonchev–Trinajstić information content (AvgIpc) is 1.12. The molecule has 0 heterocycles. The smallest absolute Gasteiger partial charge is 0.423 e. The maximum atomic E-state index is 14.1. The molecule has 0 spiro atoms. The van der Waals surface area contributed by atoms with Crippen molar-refractivity contribution < 1.29 is 84.7 Å². The van der Waals surface area contributed by atoms with Crippen LogP contribution in [0.2, 0.25) is 20.1 Å². The van der Waals surface area contributed by atoms with Crippen LogP contribution in [0.25, 0.3) is 0 Å². The van der Waals surface area contributed by atoms with E-state index < -0.39 is 133 Å². The van der Waals surface area contributed by atoms with Gasteiger partial charge in [-0.3, -0.25) is 19.2 Å². The Hall–Kier alpha value is -8.26. The van der Waals surface area contributed by atoms with E-state index in [0.29, 0.717) is 17.5 Å². The fourth-order valence-electron chi connectivity index (χ4n) is 8.01. The number of ketones is 1. The molecular formula is C58H56Cl4N4O18S2. The van der Waals surface area contributed by atoms with Crippen LogP contribution in [0.5, 0.6) is 0 Å². The van der Waals surface area contributed by atoms with Crippen LogP contribution < -0.4 is 10.6 Å². The number of ether oxygens (including phenoxy) is 3. The van der Waals surface area contributed by atoms with Crippen molar-refractivity contribution in [1.29, 1.82) is 0 Å². The molecule has 6 aromatic carbocycles. The van der Waals surface area contributed by atoms with Crippen molar-refractivity contribution >= 4 is 114 Å². The Bertz CT molecular complexity index is 3500. The Morgan fingerprint density at radius 3 is 1.16 bits per heavy atom. The monoisotopic (exact) mass is 1300 g/mol. The summed E-state index contributed by atoms with van der Waals surface area (Å²) in [5, 5.41) is 32.0. The first kappa shape index (κ1) is 68.5. The molecule has 0 fully saturated rings. The number of nitrogens with zero attached hydrogens (tertiary/aromatic N) is 2. The number of sulfonamides is 2. The number of aliphatic carboxylic acids is 3. The highest BCUT2D eigenvalue weighted by molar-refractivity contribution is 7.90. The molecule has 0 aliphatic heterocycles. The van der Waals surface area contributed by atoms with Gasteiger partial charge < -0.3 is 40.2 Å². The number of hydrogen-bond acceptors (Lipinski definition) is 15. The van der Waals surface area contributed by atoms with Crippen LogP contribution in [0.4, 0.5) is 14.4 Å². The van der Waals surface area contributed by atoms with E-state index in [1.54, 1.807) is 72.8 Å². The van der Waals surface area contributed by atoms with Crippen LogP contribution in [0.15, 0.2) is 155 Å².